The number of nitrogens with zero attached hydrogens (tertiary/aromatic N) is 1. The molecule has 2 aromatic carbocycles. The molecule has 0 saturated heterocycles. The second-order valence-corrected chi connectivity index (χ2v) is 8.85. The largest absolute Gasteiger partial charge is 0.483 e. The molecule has 32 heavy (non-hydrogen) atoms. The number of unbranched alkanes of at least 4 members (excludes halogenated alkanes) is 1. The second-order valence-electron chi connectivity index (χ2n) is 7.59. The van der Waals surface area contributed by atoms with Crippen molar-refractivity contribution >= 4 is 39.3 Å². The van der Waals surface area contributed by atoms with Crippen LogP contribution in [0.2, 0.25) is 5.02 Å². The maximum atomic E-state index is 13.3. The van der Waals surface area contributed by atoms with Gasteiger partial charge in [0.05, 0.1) is 4.47 Å². The zero-order valence-corrected chi connectivity index (χ0v) is 21.3. The molecule has 2 aromatic rings. The molecule has 7 heteroatoms. The van der Waals surface area contributed by atoms with Crippen molar-refractivity contribution in [3.05, 3.63) is 63.1 Å². The Morgan fingerprint density at radius 1 is 1.16 bits per heavy atom. The highest BCUT2D eigenvalue weighted by atomic mass is 79.9. The number of hydrogen-bond donors (Lipinski definition) is 1. The van der Waals surface area contributed by atoms with Gasteiger partial charge in [-0.25, -0.2) is 0 Å². The molecule has 0 radical (unpaired) electrons. The van der Waals surface area contributed by atoms with Gasteiger partial charge in [-0.05, 0) is 64.5 Å². The molecular formula is C25H32BrClN2O3. The number of nitrogens with one attached hydrogen (secondary N) is 1. The minimum Gasteiger partial charge on any atom is -0.483 e. The van der Waals surface area contributed by atoms with Crippen molar-refractivity contribution in [2.45, 2.75) is 59.0 Å². The molecule has 0 aromatic heterocycles. The van der Waals surface area contributed by atoms with Crippen LogP contribution >= 0.6 is 27.5 Å². The van der Waals surface area contributed by atoms with Crippen molar-refractivity contribution in [2.75, 3.05) is 13.2 Å². The maximum Gasteiger partial charge on any atom is 0.261 e. The van der Waals surface area contributed by atoms with Crippen LogP contribution in [-0.4, -0.2) is 35.9 Å². The van der Waals surface area contributed by atoms with Gasteiger partial charge >= 0.3 is 0 Å². The number of halogens is 2. The summed E-state index contributed by atoms with van der Waals surface area (Å²) in [5.41, 5.74) is 1.96. The number of carbonyl (C=O) groups excluding carboxylic acids is 2. The molecule has 0 aliphatic carbocycles. The Bertz CT molecular complexity index is 907. The third-order valence-electron chi connectivity index (χ3n) is 5.27. The average molecular weight is 524 g/mol. The molecule has 2 amide bonds. The lowest BCUT2D eigenvalue weighted by atomic mass is 10.1. The van der Waals surface area contributed by atoms with Crippen LogP contribution in [0.25, 0.3) is 0 Å². The number of ether oxygens (including phenoxy) is 1. The van der Waals surface area contributed by atoms with E-state index in [0.29, 0.717) is 23.7 Å². The molecule has 0 unspecified atom stereocenters. The quantitative estimate of drug-likeness (QED) is 0.359. The fourth-order valence-corrected chi connectivity index (χ4v) is 4.08. The van der Waals surface area contributed by atoms with Crippen LogP contribution in [0.15, 0.2) is 46.9 Å². The number of rotatable bonds is 12. The fraction of sp³-hybridized carbons (Fsp3) is 0.440. The number of benzene rings is 2. The molecule has 0 spiro atoms. The number of amides is 2. The van der Waals surface area contributed by atoms with Gasteiger partial charge < -0.3 is 15.0 Å². The van der Waals surface area contributed by atoms with Gasteiger partial charge in [-0.15, -0.1) is 0 Å². The molecule has 0 fully saturated rings. The summed E-state index contributed by atoms with van der Waals surface area (Å²) in [5.74, 6) is 0.164. The summed E-state index contributed by atoms with van der Waals surface area (Å²) < 4.78 is 6.61. The molecule has 0 aliphatic heterocycles. The molecule has 0 heterocycles. The fourth-order valence-electron chi connectivity index (χ4n) is 3.34. The van der Waals surface area contributed by atoms with E-state index in [0.717, 1.165) is 29.3 Å². The van der Waals surface area contributed by atoms with Gasteiger partial charge in [0.25, 0.3) is 5.91 Å². The predicted molar refractivity (Wildman–Crippen MR) is 133 cm³/mol. The van der Waals surface area contributed by atoms with Gasteiger partial charge in [0.1, 0.15) is 11.8 Å². The summed E-state index contributed by atoms with van der Waals surface area (Å²) in [6.45, 7) is 6.70. The smallest absolute Gasteiger partial charge is 0.261 e. The SMILES string of the molecule is CCCCNC(=O)[C@H](CC)N(Cc1ccccc1Cl)C(=O)COc1ccc(CC)cc1Br. The molecule has 0 bridgehead atoms. The van der Waals surface area contributed by atoms with Crippen LogP contribution in [0, 0.1) is 0 Å². The Morgan fingerprint density at radius 3 is 2.53 bits per heavy atom. The summed E-state index contributed by atoms with van der Waals surface area (Å²) in [7, 11) is 0. The molecule has 0 aliphatic rings. The predicted octanol–water partition coefficient (Wildman–Crippen LogP) is 5.77. The van der Waals surface area contributed by atoms with Crippen LogP contribution in [0.5, 0.6) is 5.75 Å². The molecule has 5 nitrogen and oxygen atoms in total. The van der Waals surface area contributed by atoms with E-state index in [4.69, 9.17) is 16.3 Å². The van der Waals surface area contributed by atoms with Gasteiger partial charge in [-0.3, -0.25) is 9.59 Å². The molecule has 0 saturated carbocycles. The van der Waals surface area contributed by atoms with E-state index in [1.807, 2.05) is 43.3 Å². The summed E-state index contributed by atoms with van der Waals surface area (Å²) in [5, 5.41) is 3.51. The van der Waals surface area contributed by atoms with Crippen LogP contribution in [0.3, 0.4) is 0 Å². The van der Waals surface area contributed by atoms with Gasteiger partial charge in [-0.2, -0.15) is 0 Å². The molecule has 174 valence electrons. The standard InChI is InChI=1S/C25H32BrClN2O3/c1-4-7-14-28-25(31)22(6-3)29(16-19-10-8-9-11-21(19)27)24(30)17-32-23-13-12-18(5-2)15-20(23)26/h8-13,15,22H,4-7,14,16-17H2,1-3H3,(H,28,31)/t22-/m0/s1. The van der Waals surface area contributed by atoms with E-state index in [1.54, 1.807) is 11.0 Å². The number of carbonyl (C=O) groups is 2. The Balaban J connectivity index is 2.21. The normalized spacial score (nSPS) is 11.7. The van der Waals surface area contributed by atoms with E-state index in [-0.39, 0.29) is 25.0 Å². The zero-order valence-electron chi connectivity index (χ0n) is 19.0. The highest BCUT2D eigenvalue weighted by molar-refractivity contribution is 9.10. The van der Waals surface area contributed by atoms with E-state index in [9.17, 15) is 9.59 Å². The molecule has 1 atom stereocenters. The third-order valence-corrected chi connectivity index (χ3v) is 6.26. The second kappa shape index (κ2) is 13.5. The highest BCUT2D eigenvalue weighted by Gasteiger charge is 2.29. The first-order valence-corrected chi connectivity index (χ1v) is 12.3. The Hall–Kier alpha value is -2.05. The Labute approximate surface area is 204 Å². The minimum atomic E-state index is -0.606. The number of hydrogen-bond acceptors (Lipinski definition) is 3. The first-order valence-electron chi connectivity index (χ1n) is 11.1. The molecule has 1 N–H and O–H groups in total. The summed E-state index contributed by atoms with van der Waals surface area (Å²) >= 11 is 9.86. The number of aryl methyl sites for hydroxylation is 1. The minimum absolute atomic E-state index is 0.158. The lowest BCUT2D eigenvalue weighted by Gasteiger charge is -2.31. The van der Waals surface area contributed by atoms with E-state index in [1.165, 1.54) is 5.56 Å². The van der Waals surface area contributed by atoms with Gasteiger partial charge in [-0.1, -0.05) is 63.1 Å². The van der Waals surface area contributed by atoms with Crippen molar-refractivity contribution in [3.8, 4) is 5.75 Å². The highest BCUT2D eigenvalue weighted by Crippen LogP contribution is 2.27. The van der Waals surface area contributed by atoms with Crippen molar-refractivity contribution in [1.29, 1.82) is 0 Å². The van der Waals surface area contributed by atoms with Crippen molar-refractivity contribution < 1.29 is 14.3 Å². The Morgan fingerprint density at radius 2 is 1.91 bits per heavy atom. The van der Waals surface area contributed by atoms with Crippen LogP contribution in [0.4, 0.5) is 0 Å². The summed E-state index contributed by atoms with van der Waals surface area (Å²) in [4.78, 5) is 27.7. The average Bonchev–Trinajstić information content (AvgIpc) is 2.79. The lowest BCUT2D eigenvalue weighted by Crippen LogP contribution is -2.50. The molecule has 2 rings (SSSR count). The van der Waals surface area contributed by atoms with Crippen LogP contribution < -0.4 is 10.1 Å². The first kappa shape index (κ1) is 26.2. The van der Waals surface area contributed by atoms with E-state index < -0.39 is 6.04 Å². The van der Waals surface area contributed by atoms with Crippen molar-refractivity contribution in [3.63, 3.8) is 0 Å². The van der Waals surface area contributed by atoms with Gasteiger partial charge in [0.15, 0.2) is 6.61 Å². The van der Waals surface area contributed by atoms with Crippen LogP contribution in [-0.2, 0) is 22.6 Å². The summed E-state index contributed by atoms with van der Waals surface area (Å²) in [6, 6.07) is 12.6. The van der Waals surface area contributed by atoms with E-state index >= 15 is 0 Å². The third kappa shape index (κ3) is 7.52. The van der Waals surface area contributed by atoms with Crippen molar-refractivity contribution in [1.82, 2.24) is 10.2 Å². The van der Waals surface area contributed by atoms with Crippen LogP contribution in [0.1, 0.15) is 51.2 Å². The Kier molecular flexibility index (Phi) is 11.0. The van der Waals surface area contributed by atoms with Gasteiger partial charge in [0.2, 0.25) is 5.91 Å². The maximum absolute atomic E-state index is 13.3. The first-order chi connectivity index (χ1) is 15.4. The zero-order chi connectivity index (χ0) is 23.5. The van der Waals surface area contributed by atoms with E-state index in [2.05, 4.69) is 35.1 Å². The monoisotopic (exact) mass is 522 g/mol. The lowest BCUT2D eigenvalue weighted by molar-refractivity contribution is -0.143. The molecular weight excluding hydrogens is 492 g/mol. The topological polar surface area (TPSA) is 58.6 Å². The summed E-state index contributed by atoms with van der Waals surface area (Å²) in [6.07, 6.45) is 3.28. The van der Waals surface area contributed by atoms with Crippen molar-refractivity contribution in [2.24, 2.45) is 0 Å². The van der Waals surface area contributed by atoms with Gasteiger partial charge in [0, 0.05) is 18.1 Å².